The predicted octanol–water partition coefficient (Wildman–Crippen LogP) is 3.82. The minimum absolute atomic E-state index is 0.824. The van der Waals surface area contributed by atoms with E-state index in [9.17, 15) is 0 Å². The van der Waals surface area contributed by atoms with E-state index in [-0.39, 0.29) is 0 Å². The Balaban J connectivity index is 1.89. The molecular formula is C15H24N2. The first-order chi connectivity index (χ1) is 8.16. The van der Waals surface area contributed by atoms with Crippen molar-refractivity contribution in [3.63, 3.8) is 0 Å². The molecule has 0 spiro atoms. The van der Waals surface area contributed by atoms with Crippen molar-refractivity contribution in [1.82, 2.24) is 0 Å². The molecular weight excluding hydrogens is 208 g/mol. The van der Waals surface area contributed by atoms with Gasteiger partial charge in [-0.05, 0) is 43.2 Å². The molecule has 0 saturated heterocycles. The molecule has 0 radical (unpaired) electrons. The average molecular weight is 232 g/mol. The van der Waals surface area contributed by atoms with Crippen LogP contribution < -0.4 is 11.1 Å². The quantitative estimate of drug-likeness (QED) is 0.778. The smallest absolute Gasteiger partial charge is 0.0603 e. The number of nitrogens with one attached hydrogen (secondary N) is 1. The van der Waals surface area contributed by atoms with Gasteiger partial charge in [-0.25, -0.2) is 0 Å². The molecule has 2 heteroatoms. The Morgan fingerprint density at radius 3 is 2.59 bits per heavy atom. The molecule has 1 saturated carbocycles. The van der Waals surface area contributed by atoms with Gasteiger partial charge in [-0.1, -0.05) is 31.9 Å². The third-order valence-corrected chi connectivity index (χ3v) is 4.01. The third-order valence-electron chi connectivity index (χ3n) is 4.01. The van der Waals surface area contributed by atoms with Crippen LogP contribution in [0, 0.1) is 18.8 Å². The van der Waals surface area contributed by atoms with Crippen LogP contribution in [0.25, 0.3) is 0 Å². The van der Waals surface area contributed by atoms with Crippen molar-refractivity contribution in [2.24, 2.45) is 11.8 Å². The summed E-state index contributed by atoms with van der Waals surface area (Å²) < 4.78 is 0. The summed E-state index contributed by atoms with van der Waals surface area (Å²) in [5.41, 5.74) is 9.24. The average Bonchev–Trinajstić information content (AvgIpc) is 2.31. The summed E-state index contributed by atoms with van der Waals surface area (Å²) >= 11 is 0. The molecule has 1 aromatic rings. The lowest BCUT2D eigenvalue weighted by Crippen LogP contribution is -2.20. The number of para-hydroxylation sites is 1. The van der Waals surface area contributed by atoms with Crippen molar-refractivity contribution >= 4 is 11.4 Å². The minimum Gasteiger partial charge on any atom is -0.397 e. The molecule has 0 heterocycles. The van der Waals surface area contributed by atoms with Crippen molar-refractivity contribution in [3.8, 4) is 0 Å². The number of nitrogen functional groups attached to an aromatic ring is 1. The zero-order chi connectivity index (χ0) is 12.3. The highest BCUT2D eigenvalue weighted by molar-refractivity contribution is 5.69. The molecule has 1 aliphatic rings. The van der Waals surface area contributed by atoms with Crippen molar-refractivity contribution in [1.29, 1.82) is 0 Å². The standard InChI is InChI=1S/C15H24N2/c1-11-6-8-13(9-7-11)10-17-15-12(2)4-3-5-14(15)16/h3-5,11,13,17H,6-10,16H2,1-2H3. The predicted molar refractivity (Wildman–Crippen MR) is 75.2 cm³/mol. The van der Waals surface area contributed by atoms with Gasteiger partial charge in [0.05, 0.1) is 11.4 Å². The molecule has 17 heavy (non-hydrogen) atoms. The molecule has 3 N–H and O–H groups in total. The molecule has 2 nitrogen and oxygen atoms in total. The van der Waals surface area contributed by atoms with E-state index >= 15 is 0 Å². The van der Waals surface area contributed by atoms with Gasteiger partial charge in [0, 0.05) is 6.54 Å². The van der Waals surface area contributed by atoms with Crippen LogP contribution in [0.1, 0.15) is 38.2 Å². The Kier molecular flexibility index (Phi) is 3.93. The molecule has 1 aliphatic carbocycles. The summed E-state index contributed by atoms with van der Waals surface area (Å²) in [6, 6.07) is 6.10. The largest absolute Gasteiger partial charge is 0.397 e. The van der Waals surface area contributed by atoms with Crippen LogP contribution in [0.3, 0.4) is 0 Å². The van der Waals surface area contributed by atoms with Crippen LogP contribution in [0.5, 0.6) is 0 Å². The first kappa shape index (κ1) is 12.3. The van der Waals surface area contributed by atoms with Crippen molar-refractivity contribution in [2.75, 3.05) is 17.6 Å². The second-order valence-electron chi connectivity index (χ2n) is 5.55. The third kappa shape index (κ3) is 3.15. The van der Waals surface area contributed by atoms with E-state index in [0.717, 1.165) is 29.8 Å². The Morgan fingerprint density at radius 2 is 1.94 bits per heavy atom. The van der Waals surface area contributed by atoms with Gasteiger partial charge in [0.25, 0.3) is 0 Å². The molecule has 94 valence electrons. The Morgan fingerprint density at radius 1 is 1.24 bits per heavy atom. The van der Waals surface area contributed by atoms with Crippen LogP contribution in [0.2, 0.25) is 0 Å². The molecule has 1 fully saturated rings. The monoisotopic (exact) mass is 232 g/mol. The Hall–Kier alpha value is -1.18. The van der Waals surface area contributed by atoms with E-state index in [4.69, 9.17) is 5.73 Å². The fourth-order valence-corrected chi connectivity index (χ4v) is 2.71. The molecule has 0 amide bonds. The van der Waals surface area contributed by atoms with E-state index in [2.05, 4.69) is 25.2 Å². The van der Waals surface area contributed by atoms with Crippen molar-refractivity contribution in [2.45, 2.75) is 39.5 Å². The molecule has 0 aromatic heterocycles. The van der Waals surface area contributed by atoms with Gasteiger partial charge in [-0.15, -0.1) is 0 Å². The van der Waals surface area contributed by atoms with Crippen LogP contribution in [0.15, 0.2) is 18.2 Å². The van der Waals surface area contributed by atoms with Gasteiger partial charge in [-0.2, -0.15) is 0 Å². The van der Waals surface area contributed by atoms with Crippen LogP contribution >= 0.6 is 0 Å². The number of nitrogens with two attached hydrogens (primary N) is 1. The van der Waals surface area contributed by atoms with E-state index in [1.165, 1.54) is 31.2 Å². The number of aryl methyl sites for hydroxylation is 1. The molecule has 0 unspecified atom stereocenters. The van der Waals surface area contributed by atoms with Crippen LogP contribution in [-0.4, -0.2) is 6.54 Å². The highest BCUT2D eigenvalue weighted by atomic mass is 14.9. The maximum absolute atomic E-state index is 6.00. The van der Waals surface area contributed by atoms with Crippen molar-refractivity contribution in [3.05, 3.63) is 23.8 Å². The van der Waals surface area contributed by atoms with Gasteiger partial charge < -0.3 is 11.1 Å². The van der Waals surface area contributed by atoms with Crippen LogP contribution in [0.4, 0.5) is 11.4 Å². The van der Waals surface area contributed by atoms with Gasteiger partial charge in [0.15, 0.2) is 0 Å². The van der Waals surface area contributed by atoms with E-state index in [1.807, 2.05) is 12.1 Å². The summed E-state index contributed by atoms with van der Waals surface area (Å²) in [6.07, 6.45) is 5.49. The normalized spacial score (nSPS) is 24.6. The van der Waals surface area contributed by atoms with E-state index < -0.39 is 0 Å². The van der Waals surface area contributed by atoms with Gasteiger partial charge >= 0.3 is 0 Å². The number of hydrogen-bond acceptors (Lipinski definition) is 2. The first-order valence-electron chi connectivity index (χ1n) is 6.75. The lowest BCUT2D eigenvalue weighted by Gasteiger charge is -2.27. The Labute approximate surface area is 105 Å². The number of anilines is 2. The second-order valence-corrected chi connectivity index (χ2v) is 5.55. The number of benzene rings is 1. The van der Waals surface area contributed by atoms with E-state index in [1.54, 1.807) is 0 Å². The summed E-state index contributed by atoms with van der Waals surface area (Å²) in [6.45, 7) is 5.55. The number of hydrogen-bond donors (Lipinski definition) is 2. The summed E-state index contributed by atoms with van der Waals surface area (Å²) in [5.74, 6) is 1.75. The fourth-order valence-electron chi connectivity index (χ4n) is 2.71. The SMILES string of the molecule is Cc1cccc(N)c1NCC1CCC(C)CC1. The highest BCUT2D eigenvalue weighted by Crippen LogP contribution is 2.29. The van der Waals surface area contributed by atoms with Crippen molar-refractivity contribution < 1.29 is 0 Å². The zero-order valence-corrected chi connectivity index (χ0v) is 11.0. The van der Waals surface area contributed by atoms with Gasteiger partial charge in [-0.3, -0.25) is 0 Å². The minimum atomic E-state index is 0.824. The van der Waals surface area contributed by atoms with E-state index in [0.29, 0.717) is 0 Å². The Bertz CT molecular complexity index is 345. The molecule has 1 aromatic carbocycles. The van der Waals surface area contributed by atoms with Gasteiger partial charge in [0.2, 0.25) is 0 Å². The lowest BCUT2D eigenvalue weighted by atomic mass is 9.83. The molecule has 0 aliphatic heterocycles. The van der Waals surface area contributed by atoms with Gasteiger partial charge in [0.1, 0.15) is 0 Å². The molecule has 2 rings (SSSR count). The summed E-state index contributed by atoms with van der Waals surface area (Å²) in [4.78, 5) is 0. The highest BCUT2D eigenvalue weighted by Gasteiger charge is 2.18. The second kappa shape index (κ2) is 5.44. The maximum atomic E-state index is 6.00. The summed E-state index contributed by atoms with van der Waals surface area (Å²) in [7, 11) is 0. The molecule has 0 bridgehead atoms. The number of rotatable bonds is 3. The van der Waals surface area contributed by atoms with Crippen LogP contribution in [-0.2, 0) is 0 Å². The topological polar surface area (TPSA) is 38.0 Å². The lowest BCUT2D eigenvalue weighted by molar-refractivity contribution is 0.300. The fraction of sp³-hybridized carbons (Fsp3) is 0.600. The molecule has 0 atom stereocenters. The summed E-state index contributed by atoms with van der Waals surface area (Å²) in [5, 5.41) is 3.54. The first-order valence-corrected chi connectivity index (χ1v) is 6.75. The maximum Gasteiger partial charge on any atom is 0.0603 e. The zero-order valence-electron chi connectivity index (χ0n) is 11.0.